The van der Waals surface area contributed by atoms with Gasteiger partial charge in [0.2, 0.25) is 0 Å². The van der Waals surface area contributed by atoms with E-state index in [1.165, 1.54) is 0 Å². The quantitative estimate of drug-likeness (QED) is 0.864. The summed E-state index contributed by atoms with van der Waals surface area (Å²) in [6, 6.07) is 10.8. The highest BCUT2D eigenvalue weighted by Crippen LogP contribution is 2.33. The minimum absolute atomic E-state index is 0.255. The molecule has 0 aromatic heterocycles. The number of ether oxygens (including phenoxy) is 2. The maximum absolute atomic E-state index is 6.16. The molecule has 5 heteroatoms. The second-order valence-corrected chi connectivity index (χ2v) is 5.11. The standard InChI is InChI=1S/C15H14ClNO2S/c1-9-3-6-13(12(16)7-9)19-14-8-10(18-2)4-5-11(14)15(17)20/h3-8H,1-2H3,(H2,17,20). The van der Waals surface area contributed by atoms with Gasteiger partial charge < -0.3 is 15.2 Å². The monoisotopic (exact) mass is 307 g/mol. The van der Waals surface area contributed by atoms with Gasteiger partial charge in [0.15, 0.2) is 0 Å². The molecule has 0 saturated heterocycles. The smallest absolute Gasteiger partial charge is 0.146 e. The largest absolute Gasteiger partial charge is 0.497 e. The van der Waals surface area contributed by atoms with Crippen LogP contribution in [0.5, 0.6) is 17.2 Å². The van der Waals surface area contributed by atoms with Crippen LogP contribution in [-0.4, -0.2) is 12.1 Å². The van der Waals surface area contributed by atoms with Gasteiger partial charge in [0.05, 0.1) is 17.7 Å². The number of hydrogen-bond donors (Lipinski definition) is 1. The van der Waals surface area contributed by atoms with E-state index in [1.807, 2.05) is 19.1 Å². The summed E-state index contributed by atoms with van der Waals surface area (Å²) >= 11 is 11.2. The first kappa shape index (κ1) is 14.6. The fraction of sp³-hybridized carbons (Fsp3) is 0.133. The van der Waals surface area contributed by atoms with Crippen molar-refractivity contribution in [2.24, 2.45) is 5.73 Å². The number of nitrogens with two attached hydrogens (primary N) is 1. The first-order valence-electron chi connectivity index (χ1n) is 5.93. The number of rotatable bonds is 4. The Bertz CT molecular complexity index is 658. The van der Waals surface area contributed by atoms with E-state index in [-0.39, 0.29) is 4.99 Å². The second kappa shape index (κ2) is 6.11. The molecule has 0 unspecified atom stereocenters. The van der Waals surface area contributed by atoms with Gasteiger partial charge in [0.25, 0.3) is 0 Å². The van der Waals surface area contributed by atoms with E-state index in [0.717, 1.165) is 5.56 Å². The van der Waals surface area contributed by atoms with E-state index in [0.29, 0.717) is 27.8 Å². The van der Waals surface area contributed by atoms with Gasteiger partial charge >= 0.3 is 0 Å². The first-order valence-corrected chi connectivity index (χ1v) is 6.71. The average molecular weight is 308 g/mol. The Morgan fingerprint density at radius 1 is 1.15 bits per heavy atom. The van der Waals surface area contributed by atoms with Crippen molar-refractivity contribution in [3.63, 3.8) is 0 Å². The van der Waals surface area contributed by atoms with Crippen LogP contribution in [0.25, 0.3) is 0 Å². The van der Waals surface area contributed by atoms with Gasteiger partial charge in [-0.3, -0.25) is 0 Å². The molecule has 0 spiro atoms. The minimum atomic E-state index is 0.255. The van der Waals surface area contributed by atoms with Crippen molar-refractivity contribution in [1.29, 1.82) is 0 Å². The number of thiocarbonyl (C=S) groups is 1. The van der Waals surface area contributed by atoms with E-state index in [4.69, 9.17) is 39.0 Å². The van der Waals surface area contributed by atoms with Crippen molar-refractivity contribution in [2.75, 3.05) is 7.11 Å². The molecular formula is C15H14ClNO2S. The number of benzene rings is 2. The Morgan fingerprint density at radius 2 is 1.90 bits per heavy atom. The molecule has 2 N–H and O–H groups in total. The Balaban J connectivity index is 2.43. The second-order valence-electron chi connectivity index (χ2n) is 4.26. The molecule has 0 bridgehead atoms. The minimum Gasteiger partial charge on any atom is -0.497 e. The molecule has 2 aromatic rings. The molecule has 0 aliphatic rings. The van der Waals surface area contributed by atoms with Crippen LogP contribution in [-0.2, 0) is 0 Å². The van der Waals surface area contributed by atoms with E-state index in [1.54, 1.807) is 31.4 Å². The van der Waals surface area contributed by atoms with Crippen LogP contribution in [0.2, 0.25) is 5.02 Å². The lowest BCUT2D eigenvalue weighted by molar-refractivity contribution is 0.409. The van der Waals surface area contributed by atoms with Crippen LogP contribution < -0.4 is 15.2 Å². The molecule has 0 heterocycles. The molecule has 0 amide bonds. The fourth-order valence-corrected chi connectivity index (χ4v) is 2.17. The number of methoxy groups -OCH3 is 1. The van der Waals surface area contributed by atoms with Crippen molar-refractivity contribution in [2.45, 2.75) is 6.92 Å². The molecule has 3 nitrogen and oxygen atoms in total. The Kier molecular flexibility index (Phi) is 4.47. The third-order valence-corrected chi connectivity index (χ3v) is 3.28. The van der Waals surface area contributed by atoms with Gasteiger partial charge in [-0.15, -0.1) is 0 Å². The van der Waals surface area contributed by atoms with Gasteiger partial charge in [0.1, 0.15) is 22.2 Å². The maximum Gasteiger partial charge on any atom is 0.146 e. The highest BCUT2D eigenvalue weighted by atomic mass is 35.5. The van der Waals surface area contributed by atoms with E-state index >= 15 is 0 Å². The van der Waals surface area contributed by atoms with Crippen LogP contribution >= 0.6 is 23.8 Å². The predicted octanol–water partition coefficient (Wildman–Crippen LogP) is 4.08. The SMILES string of the molecule is COc1ccc(C(N)=S)c(Oc2ccc(C)cc2Cl)c1. The van der Waals surface area contributed by atoms with Crippen LogP contribution in [0, 0.1) is 6.92 Å². The molecule has 2 rings (SSSR count). The van der Waals surface area contributed by atoms with Gasteiger partial charge in [-0.25, -0.2) is 0 Å². The lowest BCUT2D eigenvalue weighted by Gasteiger charge is -2.13. The molecule has 0 atom stereocenters. The number of aryl methyl sites for hydroxylation is 1. The molecule has 0 aliphatic carbocycles. The zero-order valence-corrected chi connectivity index (χ0v) is 12.7. The lowest BCUT2D eigenvalue weighted by atomic mass is 10.2. The van der Waals surface area contributed by atoms with Crippen LogP contribution in [0.3, 0.4) is 0 Å². The molecular weight excluding hydrogens is 294 g/mol. The van der Waals surface area contributed by atoms with Crippen molar-refractivity contribution in [3.8, 4) is 17.2 Å². The van der Waals surface area contributed by atoms with Crippen LogP contribution in [0.1, 0.15) is 11.1 Å². The molecule has 20 heavy (non-hydrogen) atoms. The third kappa shape index (κ3) is 3.21. The van der Waals surface area contributed by atoms with Gasteiger partial charge in [-0.05, 0) is 36.8 Å². The van der Waals surface area contributed by atoms with Gasteiger partial charge in [0, 0.05) is 6.07 Å². The summed E-state index contributed by atoms with van der Waals surface area (Å²) in [4.78, 5) is 0.255. The third-order valence-electron chi connectivity index (χ3n) is 2.76. The Morgan fingerprint density at radius 3 is 2.50 bits per heavy atom. The lowest BCUT2D eigenvalue weighted by Crippen LogP contribution is -2.10. The summed E-state index contributed by atoms with van der Waals surface area (Å²) in [5, 5.41) is 0.529. The number of hydrogen-bond acceptors (Lipinski definition) is 3. The average Bonchev–Trinajstić information content (AvgIpc) is 2.41. The van der Waals surface area contributed by atoms with Crippen molar-refractivity contribution in [1.82, 2.24) is 0 Å². The van der Waals surface area contributed by atoms with Gasteiger partial charge in [-0.1, -0.05) is 29.9 Å². The summed E-state index contributed by atoms with van der Waals surface area (Å²) in [6.45, 7) is 1.96. The molecule has 2 aromatic carbocycles. The van der Waals surface area contributed by atoms with Crippen molar-refractivity contribution < 1.29 is 9.47 Å². The maximum atomic E-state index is 6.16. The number of halogens is 1. The fourth-order valence-electron chi connectivity index (χ4n) is 1.72. The zero-order valence-electron chi connectivity index (χ0n) is 11.1. The zero-order chi connectivity index (χ0) is 14.7. The normalized spacial score (nSPS) is 10.2. The topological polar surface area (TPSA) is 44.5 Å². The summed E-state index contributed by atoms with van der Waals surface area (Å²) in [7, 11) is 1.58. The van der Waals surface area contributed by atoms with Crippen LogP contribution in [0.4, 0.5) is 0 Å². The first-order chi connectivity index (χ1) is 9.51. The van der Waals surface area contributed by atoms with Gasteiger partial charge in [-0.2, -0.15) is 0 Å². The van der Waals surface area contributed by atoms with E-state index in [9.17, 15) is 0 Å². The molecule has 0 saturated carbocycles. The summed E-state index contributed by atoms with van der Waals surface area (Å²) in [5.74, 6) is 1.72. The van der Waals surface area contributed by atoms with E-state index < -0.39 is 0 Å². The molecule has 104 valence electrons. The van der Waals surface area contributed by atoms with Crippen molar-refractivity contribution >= 4 is 28.8 Å². The predicted molar refractivity (Wildman–Crippen MR) is 85.1 cm³/mol. The molecule has 0 fully saturated rings. The highest BCUT2D eigenvalue weighted by molar-refractivity contribution is 7.80. The van der Waals surface area contributed by atoms with E-state index in [2.05, 4.69) is 0 Å². The summed E-state index contributed by atoms with van der Waals surface area (Å²) < 4.78 is 11.0. The molecule has 0 aliphatic heterocycles. The summed E-state index contributed by atoms with van der Waals surface area (Å²) in [6.07, 6.45) is 0. The Labute approximate surface area is 128 Å². The van der Waals surface area contributed by atoms with Crippen LogP contribution in [0.15, 0.2) is 36.4 Å². The highest BCUT2D eigenvalue weighted by Gasteiger charge is 2.11. The van der Waals surface area contributed by atoms with Crippen molar-refractivity contribution in [3.05, 3.63) is 52.5 Å². The Hall–Kier alpha value is -1.78. The molecule has 0 radical (unpaired) electrons. The summed E-state index contributed by atoms with van der Waals surface area (Å²) in [5.41, 5.74) is 7.39.